The van der Waals surface area contributed by atoms with Gasteiger partial charge in [0.2, 0.25) is 0 Å². The number of benzene rings is 2. The molecule has 0 saturated carbocycles. The topological polar surface area (TPSA) is 56.8 Å². The van der Waals surface area contributed by atoms with E-state index in [1.54, 1.807) is 39.5 Å². The highest BCUT2D eigenvalue weighted by molar-refractivity contribution is 6.35. The molecule has 5 nitrogen and oxygen atoms in total. The molecule has 0 aliphatic carbocycles. The zero-order valence-corrected chi connectivity index (χ0v) is 14.1. The Balaban J connectivity index is 2.15. The highest BCUT2D eigenvalue weighted by atomic mass is 16.5. The van der Waals surface area contributed by atoms with Gasteiger partial charge in [0.15, 0.2) is 11.5 Å². The number of ether oxygens (including phenoxy) is 3. The molecule has 0 spiro atoms. The summed E-state index contributed by atoms with van der Waals surface area (Å²) in [5, 5.41) is 2.88. The van der Waals surface area contributed by atoms with E-state index in [-0.39, 0.29) is 5.91 Å². The molecule has 2 aromatic carbocycles. The summed E-state index contributed by atoms with van der Waals surface area (Å²) in [6.45, 7) is 2.00. The third kappa shape index (κ3) is 2.69. The van der Waals surface area contributed by atoms with E-state index in [1.165, 1.54) is 0 Å². The summed E-state index contributed by atoms with van der Waals surface area (Å²) in [6.07, 6.45) is 1.81. The largest absolute Gasteiger partial charge is 0.496 e. The number of methoxy groups -OCH3 is 3. The first-order valence-corrected chi connectivity index (χ1v) is 7.51. The molecule has 0 bridgehead atoms. The van der Waals surface area contributed by atoms with Crippen molar-refractivity contribution in [3.63, 3.8) is 0 Å². The predicted molar refractivity (Wildman–Crippen MR) is 93.8 cm³/mol. The molecular weight excluding hydrogens is 306 g/mol. The Bertz CT molecular complexity index is 840. The Morgan fingerprint density at radius 2 is 1.58 bits per heavy atom. The Labute approximate surface area is 140 Å². The number of fused-ring (bicyclic) bond motifs is 1. The Kier molecular flexibility index (Phi) is 4.16. The highest BCUT2D eigenvalue weighted by Crippen LogP contribution is 2.39. The van der Waals surface area contributed by atoms with Gasteiger partial charge >= 0.3 is 0 Å². The second-order valence-electron chi connectivity index (χ2n) is 5.51. The van der Waals surface area contributed by atoms with Crippen LogP contribution in [0.2, 0.25) is 0 Å². The SMILES string of the molecule is COc1cc(OC)c(OC)cc1/C=C1/C(=O)Nc2ccc(C)cc21. The average molecular weight is 325 g/mol. The lowest BCUT2D eigenvalue weighted by molar-refractivity contribution is -0.110. The van der Waals surface area contributed by atoms with Crippen molar-refractivity contribution in [2.45, 2.75) is 6.92 Å². The van der Waals surface area contributed by atoms with Gasteiger partial charge in [-0.3, -0.25) is 4.79 Å². The van der Waals surface area contributed by atoms with Crippen molar-refractivity contribution >= 4 is 23.2 Å². The summed E-state index contributed by atoms with van der Waals surface area (Å²) in [5.41, 5.74) is 4.14. The minimum atomic E-state index is -0.132. The number of hydrogen-bond acceptors (Lipinski definition) is 4. The summed E-state index contributed by atoms with van der Waals surface area (Å²) < 4.78 is 16.1. The summed E-state index contributed by atoms with van der Waals surface area (Å²) in [5.74, 6) is 1.62. The van der Waals surface area contributed by atoms with Crippen LogP contribution in [0.1, 0.15) is 16.7 Å². The Morgan fingerprint density at radius 3 is 2.25 bits per heavy atom. The zero-order chi connectivity index (χ0) is 17.3. The fourth-order valence-electron chi connectivity index (χ4n) is 2.77. The lowest BCUT2D eigenvalue weighted by Crippen LogP contribution is -2.03. The molecule has 0 fully saturated rings. The van der Waals surface area contributed by atoms with Crippen LogP contribution in [0.4, 0.5) is 5.69 Å². The van der Waals surface area contributed by atoms with Crippen molar-refractivity contribution in [2.75, 3.05) is 26.6 Å². The monoisotopic (exact) mass is 325 g/mol. The van der Waals surface area contributed by atoms with Gasteiger partial charge in [-0.05, 0) is 31.2 Å². The van der Waals surface area contributed by atoms with Crippen molar-refractivity contribution in [1.29, 1.82) is 0 Å². The van der Waals surface area contributed by atoms with E-state index >= 15 is 0 Å². The first-order valence-electron chi connectivity index (χ1n) is 7.51. The number of amides is 1. The standard InChI is InChI=1S/C19H19NO4/c1-11-5-6-15-13(7-11)14(19(21)20-15)8-12-9-17(23-3)18(24-4)10-16(12)22-2/h5-10H,1-4H3,(H,20,21)/b14-8+. The molecule has 1 N–H and O–H groups in total. The maximum Gasteiger partial charge on any atom is 0.256 e. The smallest absolute Gasteiger partial charge is 0.256 e. The third-order valence-corrected chi connectivity index (χ3v) is 3.99. The molecule has 0 radical (unpaired) electrons. The molecular formula is C19H19NO4. The molecule has 1 aliphatic heterocycles. The van der Waals surface area contributed by atoms with Gasteiger partial charge in [-0.1, -0.05) is 11.6 Å². The summed E-state index contributed by atoms with van der Waals surface area (Å²) in [6, 6.07) is 9.42. The normalized spacial score (nSPS) is 14.3. The minimum absolute atomic E-state index is 0.132. The lowest BCUT2D eigenvalue weighted by atomic mass is 10.0. The number of carbonyl (C=O) groups is 1. The molecule has 1 amide bonds. The van der Waals surface area contributed by atoms with Crippen molar-refractivity contribution in [1.82, 2.24) is 0 Å². The number of rotatable bonds is 4. The van der Waals surface area contributed by atoms with Gasteiger partial charge in [-0.15, -0.1) is 0 Å². The van der Waals surface area contributed by atoms with Crippen molar-refractivity contribution in [3.05, 3.63) is 47.0 Å². The third-order valence-electron chi connectivity index (χ3n) is 3.99. The van der Waals surface area contributed by atoms with Crippen LogP contribution in [0, 0.1) is 6.92 Å². The van der Waals surface area contributed by atoms with E-state index in [0.29, 0.717) is 22.8 Å². The molecule has 0 saturated heterocycles. The predicted octanol–water partition coefficient (Wildman–Crippen LogP) is 3.51. The van der Waals surface area contributed by atoms with Gasteiger partial charge < -0.3 is 19.5 Å². The number of carbonyl (C=O) groups excluding carboxylic acids is 1. The zero-order valence-electron chi connectivity index (χ0n) is 14.1. The molecule has 0 atom stereocenters. The van der Waals surface area contributed by atoms with E-state index in [9.17, 15) is 4.79 Å². The van der Waals surface area contributed by atoms with Gasteiger partial charge in [-0.2, -0.15) is 0 Å². The summed E-state index contributed by atoms with van der Waals surface area (Å²) >= 11 is 0. The molecule has 3 rings (SSSR count). The quantitative estimate of drug-likeness (QED) is 0.874. The van der Waals surface area contributed by atoms with Crippen molar-refractivity contribution < 1.29 is 19.0 Å². The Morgan fingerprint density at radius 1 is 0.917 bits per heavy atom. The van der Waals surface area contributed by atoms with Crippen molar-refractivity contribution in [2.24, 2.45) is 0 Å². The lowest BCUT2D eigenvalue weighted by Gasteiger charge is -2.12. The first kappa shape index (κ1) is 15.9. The fourth-order valence-corrected chi connectivity index (χ4v) is 2.77. The van der Waals surface area contributed by atoms with Crippen LogP contribution >= 0.6 is 0 Å². The van der Waals surface area contributed by atoms with Gasteiger partial charge in [0.05, 0.1) is 21.3 Å². The van der Waals surface area contributed by atoms with Crippen LogP contribution in [0.15, 0.2) is 30.3 Å². The van der Waals surface area contributed by atoms with Crippen LogP contribution < -0.4 is 19.5 Å². The number of hydrogen-bond donors (Lipinski definition) is 1. The number of nitrogens with one attached hydrogen (secondary N) is 1. The van der Waals surface area contributed by atoms with Crippen LogP contribution in [-0.4, -0.2) is 27.2 Å². The van der Waals surface area contributed by atoms with E-state index in [4.69, 9.17) is 14.2 Å². The number of aryl methyl sites for hydroxylation is 1. The van der Waals surface area contributed by atoms with Crippen LogP contribution in [0.5, 0.6) is 17.2 Å². The first-order chi connectivity index (χ1) is 11.6. The minimum Gasteiger partial charge on any atom is -0.496 e. The molecule has 5 heteroatoms. The maximum atomic E-state index is 12.3. The van der Waals surface area contributed by atoms with E-state index < -0.39 is 0 Å². The Hall–Kier alpha value is -2.95. The number of anilines is 1. The highest BCUT2D eigenvalue weighted by Gasteiger charge is 2.24. The van der Waals surface area contributed by atoms with Gasteiger partial charge in [0.25, 0.3) is 5.91 Å². The second kappa shape index (κ2) is 6.28. The fraction of sp³-hybridized carbons (Fsp3) is 0.211. The van der Waals surface area contributed by atoms with E-state index in [2.05, 4.69) is 5.32 Å². The summed E-state index contributed by atoms with van der Waals surface area (Å²) in [4.78, 5) is 12.3. The average Bonchev–Trinajstić information content (AvgIpc) is 2.89. The molecule has 0 aromatic heterocycles. The molecule has 24 heavy (non-hydrogen) atoms. The molecule has 0 unspecified atom stereocenters. The van der Waals surface area contributed by atoms with E-state index in [0.717, 1.165) is 22.4 Å². The molecule has 2 aromatic rings. The second-order valence-corrected chi connectivity index (χ2v) is 5.51. The summed E-state index contributed by atoms with van der Waals surface area (Å²) in [7, 11) is 4.72. The molecule has 124 valence electrons. The van der Waals surface area contributed by atoms with Crippen LogP contribution in [0.3, 0.4) is 0 Å². The maximum absolute atomic E-state index is 12.3. The van der Waals surface area contributed by atoms with Crippen LogP contribution in [-0.2, 0) is 4.79 Å². The molecule has 1 aliphatic rings. The van der Waals surface area contributed by atoms with Crippen LogP contribution in [0.25, 0.3) is 11.6 Å². The van der Waals surface area contributed by atoms with Crippen molar-refractivity contribution in [3.8, 4) is 17.2 Å². The van der Waals surface area contributed by atoms with Gasteiger partial charge in [0.1, 0.15) is 5.75 Å². The van der Waals surface area contributed by atoms with Gasteiger partial charge in [-0.25, -0.2) is 0 Å². The molecule has 1 heterocycles. The van der Waals surface area contributed by atoms with E-state index in [1.807, 2.05) is 25.1 Å². The van der Waals surface area contributed by atoms with Gasteiger partial charge in [0, 0.05) is 28.5 Å².